The lowest BCUT2D eigenvalue weighted by atomic mass is 10.1. The van der Waals surface area contributed by atoms with Crippen LogP contribution >= 0.6 is 0 Å². The molecule has 0 aliphatic carbocycles. The molecule has 386 valence electrons. The number of carbonyl (C=O) groups is 6. The Morgan fingerprint density at radius 3 is 0.712 bits per heavy atom. The van der Waals surface area contributed by atoms with Gasteiger partial charge in [-0.3, -0.25) is 28.8 Å². The topological polar surface area (TPSA) is 213 Å². The SMILES string of the molecule is CC(C)CCCOCCOCC(=O)CCCOCCOCC(=O)CCCOCCOCC(=O)CCCOCCOCC(=O)CCCOCCOCC(=O)CCCOCCOCC(=O)C(C)C. The number of hydrogen-bond acceptors (Lipinski definition) is 18. The third kappa shape index (κ3) is 49.4. The first-order chi connectivity index (χ1) is 32.0. The second-order valence-electron chi connectivity index (χ2n) is 16.4. The van der Waals surface area contributed by atoms with Gasteiger partial charge in [-0.25, -0.2) is 0 Å². The van der Waals surface area contributed by atoms with Crippen molar-refractivity contribution in [2.75, 3.05) is 159 Å². The first kappa shape index (κ1) is 63.5. The fourth-order valence-corrected chi connectivity index (χ4v) is 5.40. The van der Waals surface area contributed by atoms with Gasteiger partial charge in [-0.1, -0.05) is 27.7 Å². The van der Waals surface area contributed by atoms with Crippen molar-refractivity contribution in [3.8, 4) is 0 Å². The summed E-state index contributed by atoms with van der Waals surface area (Å²) < 4.78 is 64.9. The fourth-order valence-electron chi connectivity index (χ4n) is 5.40. The molecule has 0 aromatic heterocycles. The van der Waals surface area contributed by atoms with Crippen molar-refractivity contribution in [1.82, 2.24) is 0 Å². The molecule has 0 bridgehead atoms. The molecule has 0 radical (unpaired) electrons. The highest BCUT2D eigenvalue weighted by atomic mass is 16.5. The van der Waals surface area contributed by atoms with Gasteiger partial charge >= 0.3 is 0 Å². The van der Waals surface area contributed by atoms with Crippen LogP contribution in [-0.2, 0) is 85.6 Å². The fraction of sp³-hybridized carbons (Fsp3) is 0.875. The molecule has 0 N–H and O–H groups in total. The Morgan fingerprint density at radius 2 is 0.485 bits per heavy atom. The smallest absolute Gasteiger partial charge is 0.160 e. The first-order valence-corrected chi connectivity index (χ1v) is 24.0. The zero-order chi connectivity index (χ0) is 48.6. The zero-order valence-electron chi connectivity index (χ0n) is 41.0. The quantitative estimate of drug-likeness (QED) is 0.0763. The summed E-state index contributed by atoms with van der Waals surface area (Å²) in [6.07, 6.45) is 6.77. The van der Waals surface area contributed by atoms with Crippen LogP contribution in [-0.4, -0.2) is 193 Å². The van der Waals surface area contributed by atoms with Crippen LogP contribution in [0.2, 0.25) is 0 Å². The standard InChI is InChI=1S/C48H86O18/c1-41(2)11-5-17-55-23-29-61-35-43(49)12-6-18-56-24-30-62-36-44(50)13-7-19-57-25-31-63-37-45(51)14-8-20-58-26-32-64-38-46(52)15-9-21-59-27-33-65-39-47(53)16-10-22-60-28-34-66-40-48(54)42(3)4/h41-42H,5-40H2,1-4H3. The van der Waals surface area contributed by atoms with Gasteiger partial charge in [-0.15, -0.1) is 0 Å². The molecule has 18 nitrogen and oxygen atoms in total. The van der Waals surface area contributed by atoms with Crippen LogP contribution in [0.25, 0.3) is 0 Å². The second-order valence-corrected chi connectivity index (χ2v) is 16.4. The van der Waals surface area contributed by atoms with Gasteiger partial charge in [0.25, 0.3) is 0 Å². The number of rotatable bonds is 55. The van der Waals surface area contributed by atoms with E-state index in [9.17, 15) is 28.8 Å². The molecule has 0 aliphatic heterocycles. The summed E-state index contributed by atoms with van der Waals surface area (Å²) in [5.74, 6) is 0.620. The maximum absolute atomic E-state index is 12.0. The van der Waals surface area contributed by atoms with Crippen molar-refractivity contribution in [3.63, 3.8) is 0 Å². The Morgan fingerprint density at radius 1 is 0.273 bits per heavy atom. The van der Waals surface area contributed by atoms with Crippen molar-refractivity contribution >= 4 is 34.7 Å². The minimum atomic E-state index is -0.0436. The molecule has 0 aromatic carbocycles. The molecule has 0 atom stereocenters. The minimum Gasteiger partial charge on any atom is -0.379 e. The predicted molar refractivity (Wildman–Crippen MR) is 245 cm³/mol. The van der Waals surface area contributed by atoms with E-state index in [0.717, 1.165) is 19.4 Å². The van der Waals surface area contributed by atoms with Crippen LogP contribution < -0.4 is 0 Å². The van der Waals surface area contributed by atoms with Crippen molar-refractivity contribution in [3.05, 3.63) is 0 Å². The molecule has 0 amide bonds. The van der Waals surface area contributed by atoms with E-state index in [4.69, 9.17) is 56.8 Å². The summed E-state index contributed by atoms with van der Waals surface area (Å²) in [4.78, 5) is 71.3. The second kappa shape index (κ2) is 49.0. The molecule has 0 saturated heterocycles. The summed E-state index contributed by atoms with van der Waals surface area (Å²) in [6, 6.07) is 0. The average molecular weight is 951 g/mol. The van der Waals surface area contributed by atoms with E-state index in [1.807, 2.05) is 13.8 Å². The molecule has 0 rings (SSSR count). The van der Waals surface area contributed by atoms with Crippen molar-refractivity contribution < 1.29 is 85.6 Å². The van der Waals surface area contributed by atoms with Gasteiger partial charge in [-0.05, 0) is 50.9 Å². The Bertz CT molecular complexity index is 1200. The average Bonchev–Trinajstić information content (AvgIpc) is 3.28. The number of ketones is 6. The lowest BCUT2D eigenvalue weighted by molar-refractivity contribution is -0.127. The van der Waals surface area contributed by atoms with Gasteiger partial charge < -0.3 is 56.8 Å². The summed E-state index contributed by atoms with van der Waals surface area (Å²) in [5, 5.41) is 0. The maximum atomic E-state index is 12.0. The molecule has 0 fully saturated rings. The first-order valence-electron chi connectivity index (χ1n) is 24.0. The largest absolute Gasteiger partial charge is 0.379 e. The van der Waals surface area contributed by atoms with Crippen molar-refractivity contribution in [2.45, 2.75) is 105 Å². The van der Waals surface area contributed by atoms with E-state index < -0.39 is 0 Å². The van der Waals surface area contributed by atoms with Gasteiger partial charge in [0.2, 0.25) is 0 Å². The predicted octanol–water partition coefficient (Wildman–Crippen LogP) is 4.59. The Kier molecular flexibility index (Phi) is 47.2. The molecular formula is C48H86O18. The van der Waals surface area contributed by atoms with Gasteiger partial charge in [0, 0.05) is 77.7 Å². The van der Waals surface area contributed by atoms with Crippen LogP contribution in [0.4, 0.5) is 0 Å². The summed E-state index contributed by atoms with van der Waals surface area (Å²) in [7, 11) is 0. The van der Waals surface area contributed by atoms with Crippen LogP contribution in [0.3, 0.4) is 0 Å². The molecule has 0 heterocycles. The third-order valence-electron chi connectivity index (χ3n) is 9.23. The van der Waals surface area contributed by atoms with E-state index in [1.54, 1.807) is 0 Å². The van der Waals surface area contributed by atoms with Crippen LogP contribution in [0.5, 0.6) is 0 Å². The highest BCUT2D eigenvalue weighted by Crippen LogP contribution is 2.04. The molecule has 66 heavy (non-hydrogen) atoms. The molecule has 0 unspecified atom stereocenters. The van der Waals surface area contributed by atoms with Crippen LogP contribution in [0, 0.1) is 11.8 Å². The molecule has 0 aliphatic rings. The lowest BCUT2D eigenvalue weighted by Gasteiger charge is -2.08. The maximum Gasteiger partial charge on any atom is 0.160 e. The normalized spacial score (nSPS) is 11.5. The summed E-state index contributed by atoms with van der Waals surface area (Å²) in [6.45, 7) is 15.1. The minimum absolute atomic E-state index is 0.00273. The third-order valence-corrected chi connectivity index (χ3v) is 9.23. The van der Waals surface area contributed by atoms with Gasteiger partial charge in [0.05, 0.1) is 79.3 Å². The molecule has 0 saturated carbocycles. The molecule has 0 spiro atoms. The van der Waals surface area contributed by atoms with Crippen molar-refractivity contribution in [1.29, 1.82) is 0 Å². The van der Waals surface area contributed by atoms with Gasteiger partial charge in [-0.2, -0.15) is 0 Å². The number of Topliss-reactive ketones (excluding diaryl/α,β-unsaturated/α-hetero) is 6. The van der Waals surface area contributed by atoms with Gasteiger partial charge in [0.1, 0.15) is 39.6 Å². The van der Waals surface area contributed by atoms with Gasteiger partial charge in [0.15, 0.2) is 34.7 Å². The van der Waals surface area contributed by atoms with Crippen LogP contribution in [0.15, 0.2) is 0 Å². The van der Waals surface area contributed by atoms with E-state index in [0.29, 0.717) is 163 Å². The Labute approximate surface area is 394 Å². The summed E-state index contributed by atoms with van der Waals surface area (Å²) >= 11 is 0. The highest BCUT2D eigenvalue weighted by molar-refractivity contribution is 5.82. The van der Waals surface area contributed by atoms with E-state index in [2.05, 4.69) is 13.8 Å². The Hall–Kier alpha value is -2.46. The molecule has 0 aromatic rings. The number of carbonyl (C=O) groups excluding carboxylic acids is 6. The van der Waals surface area contributed by atoms with E-state index in [1.165, 1.54) is 0 Å². The number of ether oxygens (including phenoxy) is 12. The zero-order valence-corrected chi connectivity index (χ0v) is 41.0. The van der Waals surface area contributed by atoms with Crippen molar-refractivity contribution in [2.24, 2.45) is 11.8 Å². The summed E-state index contributed by atoms with van der Waals surface area (Å²) in [5.41, 5.74) is 0. The Balaban J connectivity index is 3.39. The molecular weight excluding hydrogens is 865 g/mol. The van der Waals surface area contributed by atoms with E-state index in [-0.39, 0.29) is 100 Å². The monoisotopic (exact) mass is 951 g/mol. The lowest BCUT2D eigenvalue weighted by Crippen LogP contribution is -2.17. The molecule has 18 heteroatoms. The number of hydrogen-bond donors (Lipinski definition) is 0. The van der Waals surface area contributed by atoms with Crippen LogP contribution in [0.1, 0.15) is 105 Å². The van der Waals surface area contributed by atoms with E-state index >= 15 is 0 Å². The highest BCUT2D eigenvalue weighted by Gasteiger charge is 2.09.